The highest BCUT2D eigenvalue weighted by Gasteiger charge is 2.46. The Morgan fingerprint density at radius 3 is 1.91 bits per heavy atom. The molecule has 190 valence electrons. The molecule has 0 unspecified atom stereocenters. The summed E-state index contributed by atoms with van der Waals surface area (Å²) in [6, 6.07) is 0. The topological polar surface area (TPSA) is 36.9 Å². The van der Waals surface area contributed by atoms with Gasteiger partial charge in [0.25, 0.3) is 0 Å². The van der Waals surface area contributed by atoms with Gasteiger partial charge in [0.05, 0.1) is 18.3 Å². The minimum atomic E-state index is -1.97. The molecule has 1 heterocycles. The molecule has 1 rings (SSSR count). The van der Waals surface area contributed by atoms with Crippen LogP contribution in [0.5, 0.6) is 0 Å². The monoisotopic (exact) mass is 470 g/mol. The van der Waals surface area contributed by atoms with Crippen LogP contribution in [0.4, 0.5) is 0 Å². The largest absolute Gasteiger partial charge is 0.410 e. The molecule has 0 aromatic carbocycles. The van der Waals surface area contributed by atoms with Gasteiger partial charge in [0.15, 0.2) is 6.29 Å². The number of allylic oxidation sites excluding steroid dienone is 1. The van der Waals surface area contributed by atoms with Crippen LogP contribution < -0.4 is 0 Å². The van der Waals surface area contributed by atoms with Crippen molar-refractivity contribution in [2.24, 2.45) is 11.8 Å². The Hall–Kier alpha value is -0.203. The van der Waals surface area contributed by atoms with Crippen molar-refractivity contribution >= 4 is 8.32 Å². The summed E-state index contributed by atoms with van der Waals surface area (Å²) in [5, 5.41) is 0. The second-order valence-electron chi connectivity index (χ2n) is 11.3. The fraction of sp³-hybridized carbons (Fsp3) is 0.926. The van der Waals surface area contributed by atoms with Crippen molar-refractivity contribution in [1.82, 2.24) is 0 Å². The highest BCUT2D eigenvalue weighted by molar-refractivity contribution is 6.77. The predicted molar refractivity (Wildman–Crippen MR) is 139 cm³/mol. The number of ether oxygens (including phenoxy) is 3. The fourth-order valence-corrected chi connectivity index (χ4v) is 11.1. The summed E-state index contributed by atoms with van der Waals surface area (Å²) in [4.78, 5) is 0. The summed E-state index contributed by atoms with van der Waals surface area (Å²) in [6.45, 7) is 21.0. The molecular formula is C27H54O4Si. The van der Waals surface area contributed by atoms with E-state index in [1.165, 1.54) is 6.42 Å². The molecule has 0 radical (unpaired) electrons. The lowest BCUT2D eigenvalue weighted by molar-refractivity contribution is -0.161. The maximum absolute atomic E-state index is 7.22. The molecule has 1 aliphatic heterocycles. The van der Waals surface area contributed by atoms with E-state index < -0.39 is 8.32 Å². The summed E-state index contributed by atoms with van der Waals surface area (Å²) < 4.78 is 24.8. The Balaban J connectivity index is 3.04. The van der Waals surface area contributed by atoms with Crippen LogP contribution in [0, 0.1) is 11.8 Å². The van der Waals surface area contributed by atoms with Gasteiger partial charge >= 0.3 is 0 Å². The van der Waals surface area contributed by atoms with E-state index in [0.717, 1.165) is 25.7 Å². The van der Waals surface area contributed by atoms with Gasteiger partial charge in [0, 0.05) is 27.1 Å². The van der Waals surface area contributed by atoms with Crippen molar-refractivity contribution in [2.75, 3.05) is 14.2 Å². The smallest absolute Gasteiger partial charge is 0.201 e. The van der Waals surface area contributed by atoms with Crippen molar-refractivity contribution in [3.63, 3.8) is 0 Å². The van der Waals surface area contributed by atoms with Gasteiger partial charge in [0.2, 0.25) is 8.32 Å². The molecule has 0 aromatic heterocycles. The Morgan fingerprint density at radius 1 is 0.875 bits per heavy atom. The molecule has 0 aromatic rings. The third kappa shape index (κ3) is 8.54. The van der Waals surface area contributed by atoms with Gasteiger partial charge in [-0.15, -0.1) is 0 Å². The normalized spacial score (nSPS) is 24.1. The zero-order valence-corrected chi connectivity index (χ0v) is 24.0. The minimum absolute atomic E-state index is 0.118. The second-order valence-corrected chi connectivity index (χ2v) is 16.7. The van der Waals surface area contributed by atoms with Gasteiger partial charge in [-0.3, -0.25) is 0 Å². The first-order chi connectivity index (χ1) is 15.0. The van der Waals surface area contributed by atoms with Crippen LogP contribution in [-0.4, -0.2) is 47.1 Å². The first kappa shape index (κ1) is 29.8. The van der Waals surface area contributed by atoms with Gasteiger partial charge in [0.1, 0.15) is 0 Å². The van der Waals surface area contributed by atoms with E-state index in [1.807, 2.05) is 0 Å². The van der Waals surface area contributed by atoms with Crippen LogP contribution in [0.3, 0.4) is 0 Å². The molecule has 4 atom stereocenters. The van der Waals surface area contributed by atoms with Crippen LogP contribution in [0.25, 0.3) is 0 Å². The van der Waals surface area contributed by atoms with Crippen molar-refractivity contribution in [3.8, 4) is 0 Å². The Labute approximate surface area is 200 Å². The molecular weight excluding hydrogens is 416 g/mol. The molecule has 1 fully saturated rings. The molecule has 0 spiro atoms. The maximum atomic E-state index is 7.22. The van der Waals surface area contributed by atoms with Crippen LogP contribution in [0.15, 0.2) is 12.2 Å². The quantitative estimate of drug-likeness (QED) is 0.148. The van der Waals surface area contributed by atoms with Gasteiger partial charge in [-0.1, -0.05) is 74.5 Å². The van der Waals surface area contributed by atoms with Gasteiger partial charge in [-0.2, -0.15) is 0 Å². The Morgan fingerprint density at radius 2 is 1.44 bits per heavy atom. The van der Waals surface area contributed by atoms with Crippen LogP contribution in [0.2, 0.25) is 16.6 Å². The van der Waals surface area contributed by atoms with Crippen LogP contribution >= 0.6 is 0 Å². The zero-order valence-electron chi connectivity index (χ0n) is 23.0. The van der Waals surface area contributed by atoms with E-state index in [0.29, 0.717) is 28.5 Å². The van der Waals surface area contributed by atoms with E-state index in [9.17, 15) is 0 Å². The lowest BCUT2D eigenvalue weighted by Crippen LogP contribution is -2.50. The highest BCUT2D eigenvalue weighted by Crippen LogP contribution is 2.44. The summed E-state index contributed by atoms with van der Waals surface area (Å²) in [5.41, 5.74) is 1.73. The molecule has 0 saturated carbocycles. The first-order valence-electron chi connectivity index (χ1n) is 13.0. The molecule has 5 heteroatoms. The van der Waals surface area contributed by atoms with Crippen molar-refractivity contribution < 1.29 is 18.6 Å². The lowest BCUT2D eigenvalue weighted by Gasteiger charge is -2.45. The fourth-order valence-electron chi connectivity index (χ4n) is 5.62. The summed E-state index contributed by atoms with van der Waals surface area (Å²) in [6.07, 6.45) is 10.1. The van der Waals surface area contributed by atoms with Crippen LogP contribution in [-0.2, 0) is 18.6 Å². The highest BCUT2D eigenvalue weighted by atomic mass is 28.4. The van der Waals surface area contributed by atoms with Gasteiger partial charge in [-0.05, 0) is 47.7 Å². The summed E-state index contributed by atoms with van der Waals surface area (Å²) in [7, 11) is 1.44. The summed E-state index contributed by atoms with van der Waals surface area (Å²) in [5.74, 6) is 1.18. The molecule has 32 heavy (non-hydrogen) atoms. The number of hydrogen-bond donors (Lipinski definition) is 0. The number of rotatable bonds is 14. The van der Waals surface area contributed by atoms with Gasteiger partial charge < -0.3 is 18.6 Å². The SMILES string of the molecule is COC(C[C@H]1O[C@H](C[C@@H](/C=C/CC(C)C)O[Si](C(C)C)(C(C)C)C(C)C)CC[C@@H]1C)OC. The van der Waals surface area contributed by atoms with E-state index in [4.69, 9.17) is 18.6 Å². The number of methoxy groups -OCH3 is 2. The molecule has 4 nitrogen and oxygen atoms in total. The first-order valence-corrected chi connectivity index (χ1v) is 15.2. The zero-order chi connectivity index (χ0) is 24.5. The minimum Gasteiger partial charge on any atom is -0.410 e. The molecule has 0 N–H and O–H groups in total. The molecule has 0 bridgehead atoms. The second kappa shape index (κ2) is 14.3. The van der Waals surface area contributed by atoms with E-state index in [2.05, 4.69) is 74.5 Å². The lowest BCUT2D eigenvalue weighted by atomic mass is 9.89. The van der Waals surface area contributed by atoms with Crippen molar-refractivity contribution in [3.05, 3.63) is 12.2 Å². The average Bonchev–Trinajstić information content (AvgIpc) is 2.70. The Kier molecular flexibility index (Phi) is 13.3. The van der Waals surface area contributed by atoms with Crippen molar-refractivity contribution in [1.29, 1.82) is 0 Å². The molecule has 0 aliphatic carbocycles. The number of hydrogen-bond acceptors (Lipinski definition) is 4. The van der Waals surface area contributed by atoms with E-state index >= 15 is 0 Å². The standard InChI is InChI=1S/C27H54O4Si/c1-19(2)13-12-14-25(31-32(20(3)4,21(5)6)22(7)8)17-24-16-15-23(9)26(30-24)18-27(28-10)29-11/h12,14,19-27H,13,15-18H2,1-11H3/b14-12+/t23-,24-,25+,26+/m0/s1. The molecule has 0 amide bonds. The molecule has 1 aliphatic rings. The Bertz CT molecular complexity index is 506. The summed E-state index contributed by atoms with van der Waals surface area (Å²) >= 11 is 0. The van der Waals surface area contributed by atoms with E-state index in [1.54, 1.807) is 14.2 Å². The maximum Gasteiger partial charge on any atom is 0.201 e. The average molecular weight is 471 g/mol. The third-order valence-corrected chi connectivity index (χ3v) is 13.5. The van der Waals surface area contributed by atoms with Crippen LogP contribution in [0.1, 0.15) is 94.4 Å². The van der Waals surface area contributed by atoms with Gasteiger partial charge in [-0.25, -0.2) is 0 Å². The van der Waals surface area contributed by atoms with E-state index in [-0.39, 0.29) is 24.6 Å². The molecule has 1 saturated heterocycles. The predicted octanol–water partition coefficient (Wildman–Crippen LogP) is 7.73. The van der Waals surface area contributed by atoms with Crippen molar-refractivity contribution in [2.45, 2.75) is 136 Å². The third-order valence-electron chi connectivity index (χ3n) is 7.41.